The van der Waals surface area contributed by atoms with Crippen molar-refractivity contribution in [3.05, 3.63) is 158 Å². The van der Waals surface area contributed by atoms with Gasteiger partial charge in [0.05, 0.1) is 5.69 Å². The van der Waals surface area contributed by atoms with E-state index in [-0.39, 0.29) is 0 Å². The molecule has 6 aromatic carbocycles. The van der Waals surface area contributed by atoms with Crippen LogP contribution in [0, 0.1) is 0 Å². The monoisotopic (exact) mass is 674 g/mol. The van der Waals surface area contributed by atoms with E-state index in [1.165, 1.54) is 41.2 Å². The predicted octanol–water partition coefficient (Wildman–Crippen LogP) is 12.3. The van der Waals surface area contributed by atoms with E-state index in [0.29, 0.717) is 17.5 Å². The fourth-order valence-corrected chi connectivity index (χ4v) is 9.27. The molecule has 0 saturated carbocycles. The Morgan fingerprint density at radius 1 is 0.340 bits per heavy atom. The van der Waals surface area contributed by atoms with Gasteiger partial charge in [-0.05, 0) is 41.5 Å². The van der Waals surface area contributed by atoms with Crippen LogP contribution < -0.4 is 0 Å². The average Bonchev–Trinajstić information content (AvgIpc) is 3.77. The van der Waals surface area contributed by atoms with E-state index in [1.54, 1.807) is 22.7 Å². The first-order valence-corrected chi connectivity index (χ1v) is 18.1. The maximum atomic E-state index is 5.24. The van der Waals surface area contributed by atoms with Crippen LogP contribution in [-0.4, -0.2) is 19.9 Å². The summed E-state index contributed by atoms with van der Waals surface area (Å²) in [5.74, 6) is 1.86. The van der Waals surface area contributed by atoms with Crippen LogP contribution in [0.3, 0.4) is 0 Å². The van der Waals surface area contributed by atoms with E-state index in [1.807, 2.05) is 18.3 Å². The first-order chi connectivity index (χ1) is 24.8. The molecule has 0 atom stereocenters. The van der Waals surface area contributed by atoms with Gasteiger partial charge in [0.25, 0.3) is 0 Å². The first kappa shape index (κ1) is 28.9. The Kier molecular flexibility index (Phi) is 6.82. The highest BCUT2D eigenvalue weighted by Gasteiger charge is 2.20. The molecule has 0 fully saturated rings. The second kappa shape index (κ2) is 11.8. The highest BCUT2D eigenvalue weighted by atomic mass is 32.1. The van der Waals surface area contributed by atoms with Gasteiger partial charge in [-0.15, -0.1) is 22.7 Å². The van der Waals surface area contributed by atoms with Gasteiger partial charge >= 0.3 is 0 Å². The van der Waals surface area contributed by atoms with E-state index in [0.717, 1.165) is 38.2 Å². The number of benzene rings is 6. The Bertz CT molecular complexity index is 2870. The molecule has 4 nitrogen and oxygen atoms in total. The van der Waals surface area contributed by atoms with E-state index in [9.17, 15) is 0 Å². The van der Waals surface area contributed by atoms with Crippen molar-refractivity contribution in [1.29, 1.82) is 0 Å². The fourth-order valence-electron chi connectivity index (χ4n) is 6.85. The van der Waals surface area contributed by atoms with Crippen LogP contribution in [0.4, 0.5) is 0 Å². The van der Waals surface area contributed by atoms with E-state index < -0.39 is 0 Å². The topological polar surface area (TPSA) is 51.6 Å². The SMILES string of the molecule is c1ccc(-c2ccc(-c3nc(-c4cccnc4-c4cccc5c4sc4ccccc45)nc(-c4cccc5c4sc4ccccc45)n3)cc2)cc1. The van der Waals surface area contributed by atoms with Crippen LogP contribution in [0.25, 0.3) is 96.9 Å². The number of hydrogen-bond donors (Lipinski definition) is 0. The summed E-state index contributed by atoms with van der Waals surface area (Å²) in [6, 6.07) is 53.0. The van der Waals surface area contributed by atoms with E-state index in [2.05, 4.69) is 140 Å². The lowest BCUT2D eigenvalue weighted by atomic mass is 10.0. The minimum absolute atomic E-state index is 0.594. The van der Waals surface area contributed by atoms with E-state index >= 15 is 0 Å². The summed E-state index contributed by atoms with van der Waals surface area (Å²) in [5.41, 5.74) is 7.02. The Balaban J connectivity index is 1.20. The predicted molar refractivity (Wildman–Crippen MR) is 211 cm³/mol. The molecule has 4 heterocycles. The molecule has 0 aliphatic heterocycles. The molecule has 0 aliphatic rings. The lowest BCUT2D eigenvalue weighted by Crippen LogP contribution is -2.02. The molecular weight excluding hydrogens is 649 g/mol. The maximum absolute atomic E-state index is 5.24. The van der Waals surface area contributed by atoms with Crippen molar-refractivity contribution in [1.82, 2.24) is 19.9 Å². The summed E-state index contributed by atoms with van der Waals surface area (Å²) in [5, 5.41) is 4.93. The maximum Gasteiger partial charge on any atom is 0.166 e. The molecule has 10 aromatic rings. The lowest BCUT2D eigenvalue weighted by Gasteiger charge is -2.12. The number of hydrogen-bond acceptors (Lipinski definition) is 6. The molecule has 0 spiro atoms. The van der Waals surface area contributed by atoms with Crippen molar-refractivity contribution in [2.75, 3.05) is 0 Å². The van der Waals surface area contributed by atoms with Crippen LogP contribution in [0.5, 0.6) is 0 Å². The molecule has 0 radical (unpaired) electrons. The molecule has 234 valence electrons. The lowest BCUT2D eigenvalue weighted by molar-refractivity contribution is 1.07. The zero-order chi connectivity index (χ0) is 33.0. The number of thiophene rings is 2. The summed E-state index contributed by atoms with van der Waals surface area (Å²) in [6.07, 6.45) is 1.86. The van der Waals surface area contributed by atoms with Crippen molar-refractivity contribution in [2.45, 2.75) is 0 Å². The standard InChI is InChI=1S/C44H26N4S2/c1-2-11-27(12-3-1)28-22-24-29(25-23-28)42-46-43(48-44(47-42)36-18-9-16-33-31-14-5-7-21-38(31)50-41(33)36)35-19-10-26-45-39(35)34-17-8-15-32-30-13-4-6-20-37(30)49-40(32)34/h1-26H. The third kappa shape index (κ3) is 4.80. The van der Waals surface area contributed by atoms with Gasteiger partial charge in [-0.2, -0.15) is 0 Å². The van der Waals surface area contributed by atoms with Crippen LogP contribution in [0.1, 0.15) is 0 Å². The number of fused-ring (bicyclic) bond motifs is 6. The summed E-state index contributed by atoms with van der Waals surface area (Å²) in [4.78, 5) is 20.6. The molecular formula is C44H26N4S2. The molecule has 6 heteroatoms. The van der Waals surface area contributed by atoms with Crippen LogP contribution in [0.2, 0.25) is 0 Å². The molecule has 50 heavy (non-hydrogen) atoms. The number of aromatic nitrogens is 4. The van der Waals surface area contributed by atoms with Crippen molar-refractivity contribution in [2.24, 2.45) is 0 Å². The first-order valence-electron chi connectivity index (χ1n) is 16.5. The fraction of sp³-hybridized carbons (Fsp3) is 0. The number of pyridine rings is 1. The molecule has 10 rings (SSSR count). The molecule has 0 amide bonds. The quantitative estimate of drug-likeness (QED) is 0.182. The summed E-state index contributed by atoms with van der Waals surface area (Å²) in [7, 11) is 0. The molecule has 0 unspecified atom stereocenters. The minimum atomic E-state index is 0.594. The molecule has 0 N–H and O–H groups in total. The van der Waals surface area contributed by atoms with Gasteiger partial charge in [0.2, 0.25) is 0 Å². The Hall–Kier alpha value is -6.08. The second-order valence-electron chi connectivity index (χ2n) is 12.2. The van der Waals surface area contributed by atoms with Crippen LogP contribution >= 0.6 is 22.7 Å². The van der Waals surface area contributed by atoms with Gasteiger partial charge in [-0.25, -0.2) is 15.0 Å². The zero-order valence-electron chi connectivity index (χ0n) is 26.6. The Morgan fingerprint density at radius 2 is 0.840 bits per heavy atom. The minimum Gasteiger partial charge on any atom is -0.255 e. The molecule has 0 saturated heterocycles. The third-order valence-electron chi connectivity index (χ3n) is 9.24. The Morgan fingerprint density at radius 3 is 1.54 bits per heavy atom. The van der Waals surface area contributed by atoms with Gasteiger partial charge in [0, 0.05) is 68.8 Å². The van der Waals surface area contributed by atoms with Gasteiger partial charge in [-0.3, -0.25) is 4.98 Å². The zero-order valence-corrected chi connectivity index (χ0v) is 28.2. The number of rotatable bonds is 5. The van der Waals surface area contributed by atoms with E-state index in [4.69, 9.17) is 19.9 Å². The molecule has 0 bridgehead atoms. The van der Waals surface area contributed by atoms with Crippen LogP contribution in [0.15, 0.2) is 158 Å². The van der Waals surface area contributed by atoms with Crippen LogP contribution in [-0.2, 0) is 0 Å². The summed E-state index contributed by atoms with van der Waals surface area (Å²) >= 11 is 3.58. The van der Waals surface area contributed by atoms with Gasteiger partial charge in [0.1, 0.15) is 0 Å². The van der Waals surface area contributed by atoms with Crippen molar-refractivity contribution in [3.63, 3.8) is 0 Å². The normalized spacial score (nSPS) is 11.6. The highest BCUT2D eigenvalue weighted by Crippen LogP contribution is 2.43. The number of nitrogens with zero attached hydrogens (tertiary/aromatic N) is 4. The molecule has 0 aliphatic carbocycles. The van der Waals surface area contributed by atoms with Crippen molar-refractivity contribution in [3.8, 4) is 56.5 Å². The van der Waals surface area contributed by atoms with Crippen molar-refractivity contribution >= 4 is 63.0 Å². The second-order valence-corrected chi connectivity index (χ2v) is 14.3. The third-order valence-corrected chi connectivity index (χ3v) is 11.7. The summed E-state index contributed by atoms with van der Waals surface area (Å²) in [6.45, 7) is 0. The smallest absolute Gasteiger partial charge is 0.166 e. The van der Waals surface area contributed by atoms with Gasteiger partial charge < -0.3 is 0 Å². The highest BCUT2D eigenvalue weighted by molar-refractivity contribution is 7.26. The van der Waals surface area contributed by atoms with Crippen molar-refractivity contribution < 1.29 is 0 Å². The Labute approximate surface area is 296 Å². The summed E-state index contributed by atoms with van der Waals surface area (Å²) < 4.78 is 4.87. The average molecular weight is 675 g/mol. The van der Waals surface area contributed by atoms with Gasteiger partial charge in [-0.1, -0.05) is 121 Å². The van der Waals surface area contributed by atoms with Gasteiger partial charge in [0.15, 0.2) is 17.5 Å². The molecule has 4 aromatic heterocycles. The largest absolute Gasteiger partial charge is 0.255 e.